The van der Waals surface area contributed by atoms with E-state index in [0.29, 0.717) is 11.5 Å². The van der Waals surface area contributed by atoms with Gasteiger partial charge in [0.25, 0.3) is 13.1 Å². The van der Waals surface area contributed by atoms with E-state index in [9.17, 15) is 14.9 Å². The summed E-state index contributed by atoms with van der Waals surface area (Å²) >= 11 is 0. The van der Waals surface area contributed by atoms with Crippen molar-refractivity contribution in [3.8, 4) is 17.6 Å². The Kier molecular flexibility index (Phi) is 16.3. The summed E-state index contributed by atoms with van der Waals surface area (Å²) in [6, 6.07) is 26.9. The van der Waals surface area contributed by atoms with Crippen LogP contribution in [0.4, 0.5) is 5.95 Å². The molecule has 1 fully saturated rings. The molecule has 1 amide bonds. The van der Waals surface area contributed by atoms with Gasteiger partial charge < -0.3 is 27.9 Å². The van der Waals surface area contributed by atoms with E-state index in [1.165, 1.54) is 6.33 Å². The zero-order chi connectivity index (χ0) is 49.8. The molecule has 3 aromatic carbocycles. The van der Waals surface area contributed by atoms with E-state index in [4.69, 9.17) is 32.9 Å². The number of carbonyl (C=O) groups excluding carboxylic acids is 1. The predicted molar refractivity (Wildman–Crippen MR) is 266 cm³/mol. The molecule has 18 heteroatoms. The minimum absolute atomic E-state index is 0.00646. The third-order valence-corrected chi connectivity index (χ3v) is 20.3. The van der Waals surface area contributed by atoms with Gasteiger partial charge in [0, 0.05) is 24.4 Å². The van der Waals surface area contributed by atoms with Crippen molar-refractivity contribution >= 4 is 38.9 Å². The first kappa shape index (κ1) is 52.2. The van der Waals surface area contributed by atoms with Gasteiger partial charge in [0.15, 0.2) is 25.7 Å². The van der Waals surface area contributed by atoms with Crippen LogP contribution in [0.5, 0.6) is 11.5 Å². The average Bonchev–Trinajstić information content (AvgIpc) is 3.86. The van der Waals surface area contributed by atoms with Crippen molar-refractivity contribution in [3.05, 3.63) is 112 Å². The number of methoxy groups -OCH3 is 2. The summed E-state index contributed by atoms with van der Waals surface area (Å²) in [6.07, 6.45) is -2.82. The Hall–Kier alpha value is -5.18. The number of fused-ring (bicyclic) bond motifs is 1. The molecule has 0 bridgehead atoms. The van der Waals surface area contributed by atoms with Gasteiger partial charge in [0.2, 0.25) is 11.9 Å². The molecule has 16 nitrogen and oxygen atoms in total. The van der Waals surface area contributed by atoms with E-state index in [-0.39, 0.29) is 59.3 Å². The van der Waals surface area contributed by atoms with E-state index < -0.39 is 57.5 Å². The molecule has 0 aliphatic carbocycles. The van der Waals surface area contributed by atoms with Crippen LogP contribution in [0.2, 0.25) is 18.1 Å². The topological polar surface area (TPSA) is 192 Å². The number of ether oxygens (including phenoxy) is 4. The summed E-state index contributed by atoms with van der Waals surface area (Å²) in [5, 5.41) is 12.3. The third kappa shape index (κ3) is 10.8. The molecular weight excluding hydrogens is 902 g/mol. The Bertz CT molecular complexity index is 2590. The quantitative estimate of drug-likeness (QED) is 0.0426. The van der Waals surface area contributed by atoms with Gasteiger partial charge in [-0.1, -0.05) is 89.2 Å². The van der Waals surface area contributed by atoms with Crippen LogP contribution < -0.4 is 20.3 Å². The molecule has 5 atom stereocenters. The smallest absolute Gasteiger partial charge is 0.280 e. The highest BCUT2D eigenvalue weighted by Crippen LogP contribution is 2.58. The van der Waals surface area contributed by atoms with E-state index in [1.807, 2.05) is 111 Å². The Morgan fingerprint density at radius 3 is 1.97 bits per heavy atom. The van der Waals surface area contributed by atoms with Crippen LogP contribution in [-0.4, -0.2) is 95.8 Å². The highest BCUT2D eigenvalue weighted by molar-refractivity contribution is 7.56. The number of aromatic nitrogens is 4. The van der Waals surface area contributed by atoms with Crippen LogP contribution in [0.3, 0.4) is 0 Å². The first-order chi connectivity index (χ1) is 32.1. The number of imidazole rings is 1. The Labute approximate surface area is 401 Å². The molecular formula is C50H68N7O9PSi. The van der Waals surface area contributed by atoms with Crippen LogP contribution in [0.1, 0.15) is 91.7 Å². The first-order valence-electron chi connectivity index (χ1n) is 23.1. The van der Waals surface area contributed by atoms with Gasteiger partial charge in [0.05, 0.1) is 39.4 Å². The van der Waals surface area contributed by atoms with Gasteiger partial charge in [-0.3, -0.25) is 29.0 Å². The number of nitrogens with one attached hydrogen (secondary N) is 2. The van der Waals surface area contributed by atoms with Crippen molar-refractivity contribution in [1.29, 1.82) is 5.26 Å². The van der Waals surface area contributed by atoms with Crippen molar-refractivity contribution in [3.63, 3.8) is 0 Å². The minimum Gasteiger partial charge on any atom is -0.497 e. The summed E-state index contributed by atoms with van der Waals surface area (Å²) in [6.45, 7) is 21.7. The second kappa shape index (κ2) is 21.2. The van der Waals surface area contributed by atoms with E-state index in [1.54, 1.807) is 32.6 Å². The van der Waals surface area contributed by atoms with Gasteiger partial charge in [-0.15, -0.1) is 0 Å². The summed E-state index contributed by atoms with van der Waals surface area (Å²) in [5.74, 6) is 0.515. The molecule has 2 N–H and O–H groups in total. The fourth-order valence-electron chi connectivity index (χ4n) is 8.45. The molecule has 6 rings (SSSR count). The molecule has 366 valence electrons. The maximum Gasteiger partial charge on any atom is 0.280 e. The lowest BCUT2D eigenvalue weighted by molar-refractivity contribution is -0.118. The second-order valence-corrected chi connectivity index (χ2v) is 26.7. The van der Waals surface area contributed by atoms with Crippen LogP contribution in [0.15, 0.2) is 90.0 Å². The lowest BCUT2D eigenvalue weighted by Crippen LogP contribution is -2.50. The van der Waals surface area contributed by atoms with Gasteiger partial charge in [-0.25, -0.2) is 9.65 Å². The number of carbonyl (C=O) groups is 1. The van der Waals surface area contributed by atoms with Crippen molar-refractivity contribution in [2.45, 2.75) is 129 Å². The number of rotatable bonds is 20. The van der Waals surface area contributed by atoms with Crippen molar-refractivity contribution in [1.82, 2.24) is 24.2 Å². The maximum atomic E-state index is 15.9. The summed E-state index contributed by atoms with van der Waals surface area (Å²) in [5.41, 5.74) is 0.637. The van der Waals surface area contributed by atoms with Crippen molar-refractivity contribution < 1.29 is 37.3 Å². The number of benzene rings is 3. The van der Waals surface area contributed by atoms with Crippen molar-refractivity contribution in [2.24, 2.45) is 5.92 Å². The van der Waals surface area contributed by atoms with E-state index >= 15 is 4.57 Å². The largest absolute Gasteiger partial charge is 0.497 e. The van der Waals surface area contributed by atoms with E-state index in [2.05, 4.69) is 55.2 Å². The lowest BCUT2D eigenvalue weighted by atomic mass is 9.80. The van der Waals surface area contributed by atoms with Crippen molar-refractivity contribution in [2.75, 3.05) is 32.3 Å². The van der Waals surface area contributed by atoms with Gasteiger partial charge in [-0.05, 0) is 86.8 Å². The maximum absolute atomic E-state index is 15.9. The lowest BCUT2D eigenvalue weighted by Gasteiger charge is -2.43. The van der Waals surface area contributed by atoms with Crippen LogP contribution >= 0.6 is 7.52 Å². The number of hydrogen-bond acceptors (Lipinski definition) is 12. The number of anilines is 1. The standard InChI is InChI=1S/C50H68N7O9PSi/c1-32(2)45(58)54-48-53-44-41(46(59)55-48)52-31-56(44)47-43(66-68(12,13)49(7,8)9)42(65-67(60,29-17-28-51)57(33(3)4)34(5)6)40(64-47)30-63-50(35-18-15-14-16-19-35,36-20-24-38(61-10)25-21-36)37-22-26-39(62-11)27-23-37/h14-16,18-27,31-34,40,42-43,47H,17,29-30H2,1-13H3,(H2,53,54,55,58,59)/t40-,42-,43-,47-,67?/m1/s1. The average molecular weight is 970 g/mol. The second-order valence-electron chi connectivity index (χ2n) is 19.5. The molecule has 0 radical (unpaired) electrons. The SMILES string of the molecule is COc1ccc(C(OC[C@H]2O[C@@H](n3cnc4c(=O)[nH]c(NC(=O)C(C)C)nc43)[C@H](O[Si](C)(C)C(C)(C)C)[C@@H]2OP(=O)(CCC#N)N(C(C)C)C(C)C)(c2ccccc2)c2ccc(OC)cc2)cc1. The number of hydrogen-bond donors (Lipinski definition) is 2. The number of nitriles is 1. The molecule has 1 aliphatic heterocycles. The number of aromatic amines is 1. The molecule has 0 spiro atoms. The summed E-state index contributed by atoms with van der Waals surface area (Å²) in [7, 11) is -3.46. The van der Waals surface area contributed by atoms with Gasteiger partial charge in [0.1, 0.15) is 35.4 Å². The third-order valence-electron chi connectivity index (χ3n) is 12.8. The Morgan fingerprint density at radius 2 is 1.47 bits per heavy atom. The van der Waals surface area contributed by atoms with Crippen LogP contribution in [0, 0.1) is 17.2 Å². The highest BCUT2D eigenvalue weighted by Gasteiger charge is 2.56. The molecule has 2 aromatic heterocycles. The number of amides is 1. The molecule has 1 aliphatic rings. The minimum atomic E-state index is -3.90. The van der Waals surface area contributed by atoms with Crippen LogP contribution in [0.25, 0.3) is 11.2 Å². The van der Waals surface area contributed by atoms with Crippen LogP contribution in [-0.2, 0) is 33.4 Å². The fourth-order valence-corrected chi connectivity index (χ4v) is 12.6. The fraction of sp³-hybridized carbons (Fsp3) is 0.500. The van der Waals surface area contributed by atoms with Gasteiger partial charge in [-0.2, -0.15) is 10.2 Å². The number of nitrogens with zero attached hydrogens (tertiary/aromatic N) is 5. The summed E-state index contributed by atoms with van der Waals surface area (Å²) < 4.78 is 59.8. The zero-order valence-electron chi connectivity index (χ0n) is 41.6. The highest BCUT2D eigenvalue weighted by atomic mass is 31.2. The summed E-state index contributed by atoms with van der Waals surface area (Å²) in [4.78, 5) is 38.4. The molecule has 1 unspecified atom stereocenters. The molecule has 0 saturated carbocycles. The first-order valence-corrected chi connectivity index (χ1v) is 27.8. The molecule has 3 heterocycles. The molecule has 1 saturated heterocycles. The Balaban J connectivity index is 1.61. The Morgan fingerprint density at radius 1 is 0.912 bits per heavy atom. The zero-order valence-corrected chi connectivity index (χ0v) is 43.5. The normalized spacial score (nSPS) is 18.9. The van der Waals surface area contributed by atoms with E-state index in [0.717, 1.165) is 16.7 Å². The monoisotopic (exact) mass is 969 g/mol. The van der Waals surface area contributed by atoms with Gasteiger partial charge >= 0.3 is 0 Å². The predicted octanol–water partition coefficient (Wildman–Crippen LogP) is 9.64. The molecule has 68 heavy (non-hydrogen) atoms. The molecule has 5 aromatic rings. The number of H-pyrrole nitrogens is 1.